The number of hydrogen-bond donors (Lipinski definition) is 2. The maximum absolute atomic E-state index is 12.1. The molecule has 3 aromatic rings. The molecule has 1 amide bonds. The average Bonchev–Trinajstić information content (AvgIpc) is 3.49. The number of nitrogens with two attached hydrogens (primary N) is 1. The summed E-state index contributed by atoms with van der Waals surface area (Å²) in [6, 6.07) is 6.40. The van der Waals surface area contributed by atoms with Crippen LogP contribution in [0, 0.1) is 0 Å². The molecule has 2 bridgehead atoms. The van der Waals surface area contributed by atoms with Gasteiger partial charge in [0.2, 0.25) is 5.91 Å². The van der Waals surface area contributed by atoms with E-state index in [1.807, 2.05) is 31.8 Å². The lowest BCUT2D eigenvalue weighted by Crippen LogP contribution is -2.67. The molecule has 6 heteroatoms. The number of rotatable bonds is 5. The molecule has 3 N–H and O–H groups in total. The van der Waals surface area contributed by atoms with Gasteiger partial charge in [0.15, 0.2) is 0 Å². The SMILES string of the molecule is CNc1ncc(C23CC(c4ccncc4)(C2)C3)c2cc(C3(C(N)=O)CC3)ncc12. The summed E-state index contributed by atoms with van der Waals surface area (Å²) in [7, 11) is 1.88. The van der Waals surface area contributed by atoms with E-state index < -0.39 is 5.41 Å². The molecule has 4 fully saturated rings. The van der Waals surface area contributed by atoms with Gasteiger partial charge in [0.1, 0.15) is 5.82 Å². The van der Waals surface area contributed by atoms with Crippen LogP contribution in [0.3, 0.4) is 0 Å². The van der Waals surface area contributed by atoms with Gasteiger partial charge in [-0.2, -0.15) is 0 Å². The first-order valence-electron chi connectivity index (χ1n) is 10.2. The molecule has 6 nitrogen and oxygen atoms in total. The molecule has 3 heterocycles. The summed E-state index contributed by atoms with van der Waals surface area (Å²) >= 11 is 0. The molecule has 0 saturated heterocycles. The zero-order chi connectivity index (χ0) is 19.9. The van der Waals surface area contributed by atoms with Crippen molar-refractivity contribution in [1.82, 2.24) is 15.0 Å². The van der Waals surface area contributed by atoms with Gasteiger partial charge in [-0.15, -0.1) is 0 Å². The van der Waals surface area contributed by atoms with Crippen LogP contribution in [0.2, 0.25) is 0 Å². The van der Waals surface area contributed by atoms with Gasteiger partial charge in [0.25, 0.3) is 0 Å². The minimum atomic E-state index is -0.577. The van der Waals surface area contributed by atoms with Crippen LogP contribution in [0.1, 0.15) is 48.9 Å². The number of carbonyl (C=O) groups excluding carboxylic acids is 1. The summed E-state index contributed by atoms with van der Waals surface area (Å²) in [4.78, 5) is 25.5. The number of hydrogen-bond acceptors (Lipinski definition) is 5. The first-order valence-corrected chi connectivity index (χ1v) is 10.2. The van der Waals surface area contributed by atoms with Gasteiger partial charge in [-0.1, -0.05) is 0 Å². The van der Waals surface area contributed by atoms with E-state index in [-0.39, 0.29) is 16.7 Å². The Hall–Kier alpha value is -3.02. The number of fused-ring (bicyclic) bond motifs is 1. The first-order chi connectivity index (χ1) is 14.0. The molecule has 4 saturated carbocycles. The smallest absolute Gasteiger partial charge is 0.229 e. The van der Waals surface area contributed by atoms with Crippen LogP contribution in [0.5, 0.6) is 0 Å². The lowest BCUT2D eigenvalue weighted by molar-refractivity contribution is -0.120. The summed E-state index contributed by atoms with van der Waals surface area (Å²) in [5.41, 5.74) is 9.08. The number of anilines is 1. The van der Waals surface area contributed by atoms with Crippen molar-refractivity contribution < 1.29 is 4.79 Å². The monoisotopic (exact) mass is 385 g/mol. The molecule has 0 radical (unpaired) electrons. The highest BCUT2D eigenvalue weighted by atomic mass is 16.1. The van der Waals surface area contributed by atoms with Crippen LogP contribution in [0.25, 0.3) is 10.8 Å². The van der Waals surface area contributed by atoms with Gasteiger partial charge in [-0.05, 0) is 77.6 Å². The predicted octanol–water partition coefficient (Wildman–Crippen LogP) is 2.96. The topological polar surface area (TPSA) is 93.8 Å². The Morgan fingerprint density at radius 2 is 1.76 bits per heavy atom. The van der Waals surface area contributed by atoms with Crippen LogP contribution in [-0.2, 0) is 21.0 Å². The van der Waals surface area contributed by atoms with Gasteiger partial charge in [-0.25, -0.2) is 4.98 Å². The van der Waals surface area contributed by atoms with Crippen LogP contribution in [-0.4, -0.2) is 27.9 Å². The summed E-state index contributed by atoms with van der Waals surface area (Å²) in [5.74, 6) is 0.554. The van der Waals surface area contributed by atoms with Gasteiger partial charge in [-0.3, -0.25) is 14.8 Å². The highest BCUT2D eigenvalue weighted by Gasteiger charge is 2.69. The van der Waals surface area contributed by atoms with Crippen molar-refractivity contribution in [3.63, 3.8) is 0 Å². The summed E-state index contributed by atoms with van der Waals surface area (Å²) in [6.07, 6.45) is 12.6. The number of nitrogens with zero attached hydrogens (tertiary/aromatic N) is 3. The molecule has 0 atom stereocenters. The zero-order valence-corrected chi connectivity index (χ0v) is 16.4. The fourth-order valence-corrected chi connectivity index (χ4v) is 5.86. The second-order valence-corrected chi connectivity index (χ2v) is 9.16. The molecular formula is C23H23N5O. The minimum Gasteiger partial charge on any atom is -0.373 e. The first kappa shape index (κ1) is 16.9. The lowest BCUT2D eigenvalue weighted by Gasteiger charge is -2.71. The Balaban J connectivity index is 1.44. The maximum Gasteiger partial charge on any atom is 0.229 e. The van der Waals surface area contributed by atoms with Crippen molar-refractivity contribution in [2.45, 2.75) is 48.3 Å². The molecule has 3 aromatic heterocycles. The maximum atomic E-state index is 12.1. The van der Waals surface area contributed by atoms with Gasteiger partial charge in [0.05, 0.1) is 11.1 Å². The van der Waals surface area contributed by atoms with Crippen molar-refractivity contribution in [2.24, 2.45) is 5.73 Å². The van der Waals surface area contributed by atoms with Crippen molar-refractivity contribution in [2.75, 3.05) is 12.4 Å². The number of carbonyl (C=O) groups is 1. The Kier molecular flexibility index (Phi) is 3.10. The standard InChI is InChI=1S/C23H23N5O/c1-25-19-16-9-27-18(23(4-5-23)20(24)29)8-15(16)17(10-28-19)22-11-21(12-22,13-22)14-2-6-26-7-3-14/h2-3,6-10H,4-5,11-13H2,1H3,(H2,24,29)(H,25,28). The number of aromatic nitrogens is 3. The number of pyridine rings is 3. The van der Waals surface area contributed by atoms with E-state index in [0.29, 0.717) is 0 Å². The van der Waals surface area contributed by atoms with Crippen LogP contribution in [0.4, 0.5) is 5.82 Å². The fourth-order valence-electron chi connectivity index (χ4n) is 5.86. The zero-order valence-electron chi connectivity index (χ0n) is 16.4. The average molecular weight is 385 g/mol. The molecule has 0 aliphatic heterocycles. The molecule has 146 valence electrons. The van der Waals surface area contributed by atoms with Crippen LogP contribution < -0.4 is 11.1 Å². The second kappa shape index (κ2) is 5.32. The second-order valence-electron chi connectivity index (χ2n) is 9.16. The summed E-state index contributed by atoms with van der Waals surface area (Å²) in [5, 5.41) is 5.35. The Bertz CT molecular complexity index is 1150. The number of amides is 1. The highest BCUT2D eigenvalue weighted by Crippen LogP contribution is 2.74. The molecule has 0 unspecified atom stereocenters. The number of nitrogens with one attached hydrogen (secondary N) is 1. The third-order valence-corrected chi connectivity index (χ3v) is 7.62. The van der Waals surface area contributed by atoms with E-state index in [1.54, 1.807) is 0 Å². The predicted molar refractivity (Wildman–Crippen MR) is 111 cm³/mol. The van der Waals surface area contributed by atoms with E-state index in [4.69, 9.17) is 5.73 Å². The fraction of sp³-hybridized carbons (Fsp3) is 0.391. The van der Waals surface area contributed by atoms with Crippen molar-refractivity contribution in [3.8, 4) is 0 Å². The van der Waals surface area contributed by atoms with Gasteiger partial charge < -0.3 is 11.1 Å². The van der Waals surface area contributed by atoms with Crippen molar-refractivity contribution in [3.05, 3.63) is 59.8 Å². The van der Waals surface area contributed by atoms with E-state index in [9.17, 15) is 4.79 Å². The van der Waals surface area contributed by atoms with Crippen LogP contribution >= 0.6 is 0 Å². The van der Waals surface area contributed by atoms with Gasteiger partial charge >= 0.3 is 0 Å². The molecule has 29 heavy (non-hydrogen) atoms. The molecule has 4 aliphatic carbocycles. The summed E-state index contributed by atoms with van der Waals surface area (Å²) in [6.45, 7) is 0. The Labute approximate surface area is 169 Å². The molecular weight excluding hydrogens is 362 g/mol. The Morgan fingerprint density at radius 3 is 2.38 bits per heavy atom. The minimum absolute atomic E-state index is 0.169. The van der Waals surface area contributed by atoms with E-state index in [0.717, 1.165) is 54.4 Å². The number of primary amides is 1. The third kappa shape index (κ3) is 2.06. The van der Waals surface area contributed by atoms with E-state index in [2.05, 4.69) is 38.5 Å². The highest BCUT2D eigenvalue weighted by molar-refractivity contribution is 5.97. The molecule has 4 aliphatic rings. The largest absolute Gasteiger partial charge is 0.373 e. The molecule has 0 spiro atoms. The van der Waals surface area contributed by atoms with Crippen LogP contribution in [0.15, 0.2) is 43.0 Å². The van der Waals surface area contributed by atoms with E-state index in [1.165, 1.54) is 11.1 Å². The normalized spacial score (nSPS) is 28.3. The Morgan fingerprint density at radius 1 is 1.03 bits per heavy atom. The molecule has 0 aromatic carbocycles. The lowest BCUT2D eigenvalue weighted by atomic mass is 9.32. The van der Waals surface area contributed by atoms with E-state index >= 15 is 0 Å². The summed E-state index contributed by atoms with van der Waals surface area (Å²) < 4.78 is 0. The van der Waals surface area contributed by atoms with Gasteiger partial charge in [0, 0.05) is 37.2 Å². The van der Waals surface area contributed by atoms with Crippen molar-refractivity contribution >= 4 is 22.5 Å². The van der Waals surface area contributed by atoms with Crippen molar-refractivity contribution in [1.29, 1.82) is 0 Å². The third-order valence-electron chi connectivity index (χ3n) is 7.62. The quantitative estimate of drug-likeness (QED) is 0.704. The molecule has 7 rings (SSSR count).